The van der Waals surface area contributed by atoms with Crippen LogP contribution in [0.25, 0.3) is 0 Å². The molecule has 0 saturated carbocycles. The van der Waals surface area contributed by atoms with Gasteiger partial charge < -0.3 is 20.3 Å². The standard InChI is InChI=1S/C15H15NO4/c16-13-8-4-7-12(15(17)18)14(13)20-10-19-9-11-5-2-1-3-6-11/h1-8H,9-10,16H2,(H,17,18). The van der Waals surface area contributed by atoms with Crippen LogP contribution in [0, 0.1) is 0 Å². The number of hydrogen-bond donors (Lipinski definition) is 2. The van der Waals surface area contributed by atoms with E-state index in [0.29, 0.717) is 6.61 Å². The summed E-state index contributed by atoms with van der Waals surface area (Å²) in [7, 11) is 0. The number of anilines is 1. The van der Waals surface area contributed by atoms with E-state index in [4.69, 9.17) is 20.3 Å². The second kappa shape index (κ2) is 6.58. The Bertz CT molecular complexity index is 584. The minimum Gasteiger partial charge on any atom is -0.478 e. The predicted molar refractivity (Wildman–Crippen MR) is 74.5 cm³/mol. The molecule has 0 amide bonds. The number of carbonyl (C=O) groups is 1. The van der Waals surface area contributed by atoms with Gasteiger partial charge in [0.1, 0.15) is 5.56 Å². The van der Waals surface area contributed by atoms with Gasteiger partial charge in [-0.1, -0.05) is 36.4 Å². The number of para-hydroxylation sites is 1. The van der Waals surface area contributed by atoms with Gasteiger partial charge in [0.25, 0.3) is 0 Å². The molecule has 0 saturated heterocycles. The number of aromatic carboxylic acids is 1. The minimum atomic E-state index is -1.09. The lowest BCUT2D eigenvalue weighted by atomic mass is 10.2. The highest BCUT2D eigenvalue weighted by Gasteiger charge is 2.13. The van der Waals surface area contributed by atoms with Crippen molar-refractivity contribution in [2.75, 3.05) is 12.5 Å². The zero-order valence-electron chi connectivity index (χ0n) is 10.8. The van der Waals surface area contributed by atoms with Crippen LogP contribution in [0.3, 0.4) is 0 Å². The van der Waals surface area contributed by atoms with Gasteiger partial charge in [0.2, 0.25) is 0 Å². The van der Waals surface area contributed by atoms with Crippen LogP contribution in [0.2, 0.25) is 0 Å². The number of nitrogens with two attached hydrogens (primary N) is 1. The Morgan fingerprint density at radius 3 is 2.55 bits per heavy atom. The lowest BCUT2D eigenvalue weighted by Crippen LogP contribution is -2.09. The Labute approximate surface area is 116 Å². The molecule has 0 aromatic heterocycles. The fourth-order valence-electron chi connectivity index (χ4n) is 1.72. The molecule has 3 N–H and O–H groups in total. The van der Waals surface area contributed by atoms with E-state index in [1.165, 1.54) is 6.07 Å². The Balaban J connectivity index is 1.93. The van der Waals surface area contributed by atoms with E-state index < -0.39 is 5.97 Å². The summed E-state index contributed by atoms with van der Waals surface area (Å²) in [5, 5.41) is 9.05. The van der Waals surface area contributed by atoms with Crippen LogP contribution in [-0.4, -0.2) is 17.9 Å². The monoisotopic (exact) mass is 273 g/mol. The van der Waals surface area contributed by atoms with Gasteiger partial charge in [0.15, 0.2) is 12.5 Å². The van der Waals surface area contributed by atoms with Gasteiger partial charge >= 0.3 is 5.97 Å². The third-order valence-electron chi connectivity index (χ3n) is 2.67. The molecule has 0 bridgehead atoms. The van der Waals surface area contributed by atoms with Crippen LogP contribution in [0.1, 0.15) is 15.9 Å². The Hall–Kier alpha value is -2.53. The fraction of sp³-hybridized carbons (Fsp3) is 0.133. The first-order valence-electron chi connectivity index (χ1n) is 6.04. The first kappa shape index (κ1) is 13.9. The molecule has 0 heterocycles. The van der Waals surface area contributed by atoms with Crippen molar-refractivity contribution in [2.45, 2.75) is 6.61 Å². The summed E-state index contributed by atoms with van der Waals surface area (Å²) < 4.78 is 10.7. The van der Waals surface area contributed by atoms with Crippen LogP contribution in [0.4, 0.5) is 5.69 Å². The maximum absolute atomic E-state index is 11.1. The number of benzene rings is 2. The fourth-order valence-corrected chi connectivity index (χ4v) is 1.72. The third-order valence-corrected chi connectivity index (χ3v) is 2.67. The molecule has 5 heteroatoms. The molecule has 20 heavy (non-hydrogen) atoms. The molecular formula is C15H15NO4. The number of rotatable bonds is 6. The molecule has 0 aliphatic carbocycles. The van der Waals surface area contributed by atoms with E-state index in [-0.39, 0.29) is 23.8 Å². The average molecular weight is 273 g/mol. The SMILES string of the molecule is Nc1cccc(C(=O)O)c1OCOCc1ccccc1. The Morgan fingerprint density at radius 2 is 1.85 bits per heavy atom. The van der Waals surface area contributed by atoms with Gasteiger partial charge in [0.05, 0.1) is 12.3 Å². The zero-order chi connectivity index (χ0) is 14.4. The van der Waals surface area contributed by atoms with Gasteiger partial charge in [-0.25, -0.2) is 4.79 Å². The second-order valence-electron chi connectivity index (χ2n) is 4.13. The molecule has 2 rings (SSSR count). The van der Waals surface area contributed by atoms with E-state index in [1.54, 1.807) is 12.1 Å². The highest BCUT2D eigenvalue weighted by molar-refractivity contribution is 5.93. The summed E-state index contributed by atoms with van der Waals surface area (Å²) in [4.78, 5) is 11.1. The molecule has 104 valence electrons. The summed E-state index contributed by atoms with van der Waals surface area (Å²) in [5.41, 5.74) is 7.01. The number of ether oxygens (including phenoxy) is 2. The van der Waals surface area contributed by atoms with Gasteiger partial charge in [-0.3, -0.25) is 0 Å². The molecule has 0 fully saturated rings. The predicted octanol–water partition coefficient (Wildman–Crippen LogP) is 2.52. The highest BCUT2D eigenvalue weighted by Crippen LogP contribution is 2.26. The number of nitrogen functional groups attached to an aromatic ring is 1. The van der Waals surface area contributed by atoms with Crippen molar-refractivity contribution in [1.82, 2.24) is 0 Å². The van der Waals surface area contributed by atoms with Crippen molar-refractivity contribution in [3.63, 3.8) is 0 Å². The van der Waals surface area contributed by atoms with E-state index >= 15 is 0 Å². The maximum atomic E-state index is 11.1. The van der Waals surface area contributed by atoms with E-state index in [9.17, 15) is 4.79 Å². The molecular weight excluding hydrogens is 258 g/mol. The molecule has 2 aromatic rings. The molecule has 0 atom stereocenters. The smallest absolute Gasteiger partial charge is 0.339 e. The van der Waals surface area contributed by atoms with Crippen LogP contribution in [0.15, 0.2) is 48.5 Å². The van der Waals surface area contributed by atoms with E-state index in [2.05, 4.69) is 0 Å². The largest absolute Gasteiger partial charge is 0.478 e. The van der Waals surface area contributed by atoms with Gasteiger partial charge in [-0.05, 0) is 17.7 Å². The molecule has 0 spiro atoms. The zero-order valence-corrected chi connectivity index (χ0v) is 10.8. The molecule has 0 aliphatic rings. The van der Waals surface area contributed by atoms with Crippen LogP contribution >= 0.6 is 0 Å². The normalized spacial score (nSPS) is 10.2. The summed E-state index contributed by atoms with van der Waals surface area (Å²) in [6.45, 7) is 0.319. The first-order chi connectivity index (χ1) is 9.68. The molecule has 0 aliphatic heterocycles. The lowest BCUT2D eigenvalue weighted by molar-refractivity contribution is 0.00473. The summed E-state index contributed by atoms with van der Waals surface area (Å²) in [5.74, 6) is -0.955. The molecule has 0 unspecified atom stereocenters. The minimum absolute atomic E-state index is 0.0216. The maximum Gasteiger partial charge on any atom is 0.339 e. The third kappa shape index (κ3) is 3.49. The van der Waals surface area contributed by atoms with E-state index in [1.807, 2.05) is 30.3 Å². The molecule has 0 radical (unpaired) electrons. The van der Waals surface area contributed by atoms with Gasteiger partial charge in [-0.2, -0.15) is 0 Å². The van der Waals surface area contributed by atoms with Crippen molar-refractivity contribution in [3.8, 4) is 5.75 Å². The second-order valence-corrected chi connectivity index (χ2v) is 4.13. The quantitative estimate of drug-likeness (QED) is 0.480. The molecule has 5 nitrogen and oxygen atoms in total. The molecule has 2 aromatic carbocycles. The van der Waals surface area contributed by atoms with Crippen molar-refractivity contribution in [3.05, 3.63) is 59.7 Å². The average Bonchev–Trinajstić information content (AvgIpc) is 2.45. The number of carboxylic acids is 1. The van der Waals surface area contributed by atoms with Crippen molar-refractivity contribution in [1.29, 1.82) is 0 Å². The first-order valence-corrected chi connectivity index (χ1v) is 6.04. The van der Waals surface area contributed by atoms with Crippen LogP contribution < -0.4 is 10.5 Å². The Morgan fingerprint density at radius 1 is 1.10 bits per heavy atom. The lowest BCUT2D eigenvalue weighted by Gasteiger charge is -2.11. The number of hydrogen-bond acceptors (Lipinski definition) is 4. The van der Waals surface area contributed by atoms with Crippen molar-refractivity contribution < 1.29 is 19.4 Å². The van der Waals surface area contributed by atoms with Gasteiger partial charge in [0, 0.05) is 0 Å². The number of carboxylic acid groups (broad SMARTS) is 1. The topological polar surface area (TPSA) is 81.8 Å². The van der Waals surface area contributed by atoms with E-state index in [0.717, 1.165) is 5.56 Å². The summed E-state index contributed by atoms with van der Waals surface area (Å²) in [6, 6.07) is 14.2. The van der Waals surface area contributed by atoms with Crippen molar-refractivity contribution in [2.24, 2.45) is 0 Å². The summed E-state index contributed by atoms with van der Waals surface area (Å²) >= 11 is 0. The highest BCUT2D eigenvalue weighted by atomic mass is 16.7. The van der Waals surface area contributed by atoms with Crippen LogP contribution in [-0.2, 0) is 11.3 Å². The van der Waals surface area contributed by atoms with Gasteiger partial charge in [-0.15, -0.1) is 0 Å². The van der Waals surface area contributed by atoms with Crippen molar-refractivity contribution >= 4 is 11.7 Å². The summed E-state index contributed by atoms with van der Waals surface area (Å²) in [6.07, 6.45) is 0. The Kier molecular flexibility index (Phi) is 4.57. The van der Waals surface area contributed by atoms with Crippen LogP contribution in [0.5, 0.6) is 5.75 Å².